The predicted molar refractivity (Wildman–Crippen MR) is 343 cm³/mol. The number of amides is 1. The fraction of sp³-hybridized carbons (Fsp3) is 0.686. The summed E-state index contributed by atoms with van der Waals surface area (Å²) in [6.45, 7) is 6.66. The normalized spacial score (nSPS) is 14.4. The number of ether oxygens (including phenoxy) is 1. The molecule has 0 saturated carbocycles. The average molecular weight is 1130 g/mol. The SMILES string of the molecule is CC/C=C\C/C=C\C/C=C\C/C=C\C/C=C\C/C=C\CCCCC(=O)OC(/C=C/CCCCCCCCCCCC)C(COP(=O)([O-])OCC[N+](C)(C)C)NC(=O)CCCCCCCCCC/C=C\C/C=C\C/C=C\CCCCC. The van der Waals surface area contributed by atoms with Gasteiger partial charge >= 0.3 is 5.97 Å². The van der Waals surface area contributed by atoms with E-state index < -0.39 is 26.6 Å². The maximum atomic E-state index is 13.6. The molecule has 0 aliphatic heterocycles. The van der Waals surface area contributed by atoms with Crippen molar-refractivity contribution in [2.45, 2.75) is 270 Å². The molecule has 3 atom stereocenters. The first-order valence-corrected chi connectivity index (χ1v) is 33.8. The molecule has 1 amide bonds. The predicted octanol–water partition coefficient (Wildman–Crippen LogP) is 19.6. The van der Waals surface area contributed by atoms with Crippen LogP contribution in [-0.2, 0) is 27.9 Å². The summed E-state index contributed by atoms with van der Waals surface area (Å²) >= 11 is 0. The Morgan fingerprint density at radius 1 is 0.450 bits per heavy atom. The molecule has 0 spiro atoms. The number of carbonyl (C=O) groups excluding carboxylic acids is 2. The van der Waals surface area contributed by atoms with Crippen molar-refractivity contribution in [2.24, 2.45) is 0 Å². The number of nitrogens with zero attached hydrogens (tertiary/aromatic N) is 1. The Balaban J connectivity index is 5.32. The van der Waals surface area contributed by atoms with Crippen LogP contribution in [0.1, 0.15) is 258 Å². The Bertz CT molecular complexity index is 1780. The lowest BCUT2D eigenvalue weighted by Crippen LogP contribution is -2.47. The molecule has 0 aromatic carbocycles. The highest BCUT2D eigenvalue weighted by Crippen LogP contribution is 2.38. The molecule has 0 radical (unpaired) electrons. The first-order chi connectivity index (χ1) is 38.9. The zero-order valence-electron chi connectivity index (χ0n) is 52.2. The van der Waals surface area contributed by atoms with Gasteiger partial charge in [0.2, 0.25) is 5.91 Å². The number of carbonyl (C=O) groups is 2. The van der Waals surface area contributed by atoms with Crippen molar-refractivity contribution in [3.63, 3.8) is 0 Å². The molecule has 0 bridgehead atoms. The van der Waals surface area contributed by atoms with E-state index in [0.29, 0.717) is 23.9 Å². The van der Waals surface area contributed by atoms with Crippen molar-refractivity contribution < 1.29 is 37.3 Å². The van der Waals surface area contributed by atoms with E-state index in [1.165, 1.54) is 103 Å². The van der Waals surface area contributed by atoms with Crippen LogP contribution in [0, 0.1) is 0 Å². The molecule has 3 unspecified atom stereocenters. The summed E-state index contributed by atoms with van der Waals surface area (Å²) in [5, 5.41) is 3.02. The van der Waals surface area contributed by atoms with Gasteiger partial charge in [-0.2, -0.15) is 0 Å². The Labute approximate surface area is 493 Å². The van der Waals surface area contributed by atoms with Crippen molar-refractivity contribution in [1.29, 1.82) is 0 Å². The monoisotopic (exact) mass is 1130 g/mol. The van der Waals surface area contributed by atoms with Crippen LogP contribution in [0.3, 0.4) is 0 Å². The summed E-state index contributed by atoms with van der Waals surface area (Å²) < 4.78 is 30.3. The zero-order valence-corrected chi connectivity index (χ0v) is 53.1. The summed E-state index contributed by atoms with van der Waals surface area (Å²) in [6.07, 6.45) is 81.7. The zero-order chi connectivity index (χ0) is 58.6. The molecule has 0 aromatic heterocycles. The smallest absolute Gasteiger partial charge is 0.306 e. The van der Waals surface area contributed by atoms with Crippen LogP contribution in [0.2, 0.25) is 0 Å². The van der Waals surface area contributed by atoms with Gasteiger partial charge in [-0.05, 0) is 122 Å². The molecule has 0 rings (SSSR count). The summed E-state index contributed by atoms with van der Waals surface area (Å²) in [5.74, 6) is -0.606. The Morgan fingerprint density at radius 3 is 1.24 bits per heavy atom. The highest BCUT2D eigenvalue weighted by molar-refractivity contribution is 7.45. The van der Waals surface area contributed by atoms with E-state index in [-0.39, 0.29) is 24.9 Å². The third-order valence-electron chi connectivity index (χ3n) is 13.6. The number of unbranched alkanes of at least 4 members (excludes halogenated alkanes) is 23. The fourth-order valence-corrected chi connectivity index (χ4v) is 9.37. The van der Waals surface area contributed by atoms with Crippen LogP contribution in [0.25, 0.3) is 0 Å². The molecule has 0 fully saturated rings. The van der Waals surface area contributed by atoms with Gasteiger partial charge < -0.3 is 28.5 Å². The molecular weight excluding hydrogens is 1010 g/mol. The number of phosphoric ester groups is 1. The molecule has 0 aliphatic carbocycles. The van der Waals surface area contributed by atoms with Crippen molar-refractivity contribution in [1.82, 2.24) is 5.32 Å². The van der Waals surface area contributed by atoms with Gasteiger partial charge in [-0.3, -0.25) is 14.2 Å². The molecule has 9 nitrogen and oxygen atoms in total. The largest absolute Gasteiger partial charge is 0.756 e. The quantitative estimate of drug-likeness (QED) is 0.0212. The van der Waals surface area contributed by atoms with Gasteiger partial charge in [-0.15, -0.1) is 0 Å². The summed E-state index contributed by atoms with van der Waals surface area (Å²) in [6, 6.07) is -0.919. The number of rotatable bonds is 57. The number of phosphoric acid groups is 1. The second-order valence-corrected chi connectivity index (χ2v) is 23.9. The molecular formula is C70H121N2O7P. The molecule has 0 saturated heterocycles. The van der Waals surface area contributed by atoms with Gasteiger partial charge in [0.05, 0.1) is 33.8 Å². The van der Waals surface area contributed by atoms with E-state index in [2.05, 4.69) is 135 Å². The molecule has 0 heterocycles. The molecule has 10 heteroatoms. The van der Waals surface area contributed by atoms with E-state index in [0.717, 1.165) is 116 Å². The maximum Gasteiger partial charge on any atom is 0.306 e. The standard InChI is InChI=1S/C70H121N2O7P/c1-7-10-13-16-19-22-25-28-30-32-34-36-38-40-42-44-47-50-53-56-59-62-69(73)71-67(66-78-80(75,76)77-65-64-72(4,5)6)68(61-58-55-52-49-46-27-24-21-18-15-12-9-3)79-70(74)63-60-57-54-51-48-45-43-41-39-37-35-33-31-29-26-23-20-17-14-11-8-2/h11,14,19-20,22-23,28-31,34-37,41,43,48,51,58,61,67-68H,7-10,12-13,15-18,21,24-27,32-33,38-40,42,44-47,49-50,52-57,59-60,62-66H2,1-6H3,(H-,71,73,75,76)/b14-11-,22-19-,23-20-,30-28-,31-29-,36-34-,37-35-,43-41-,51-48-,61-58+. The van der Waals surface area contributed by atoms with E-state index in [9.17, 15) is 19.0 Å². The number of nitrogens with one attached hydrogen (secondary N) is 1. The van der Waals surface area contributed by atoms with Gasteiger partial charge in [0, 0.05) is 12.8 Å². The van der Waals surface area contributed by atoms with Gasteiger partial charge in [0.15, 0.2) is 0 Å². The van der Waals surface area contributed by atoms with Crippen LogP contribution >= 0.6 is 7.82 Å². The van der Waals surface area contributed by atoms with Gasteiger partial charge in [0.25, 0.3) is 7.82 Å². The lowest BCUT2D eigenvalue weighted by atomic mass is 10.0. The van der Waals surface area contributed by atoms with E-state index in [4.69, 9.17) is 13.8 Å². The van der Waals surface area contributed by atoms with Crippen molar-refractivity contribution in [3.05, 3.63) is 122 Å². The van der Waals surface area contributed by atoms with Crippen molar-refractivity contribution in [2.75, 3.05) is 40.9 Å². The van der Waals surface area contributed by atoms with Crippen LogP contribution in [-0.4, -0.2) is 69.4 Å². The topological polar surface area (TPSA) is 114 Å². The Kier molecular flexibility index (Phi) is 56.0. The number of hydrogen-bond donors (Lipinski definition) is 1. The molecule has 458 valence electrons. The van der Waals surface area contributed by atoms with Gasteiger partial charge in [-0.25, -0.2) is 0 Å². The first kappa shape index (κ1) is 76.4. The number of hydrogen-bond acceptors (Lipinski definition) is 7. The lowest BCUT2D eigenvalue weighted by molar-refractivity contribution is -0.870. The average Bonchev–Trinajstić information content (AvgIpc) is 3.42. The Hall–Kier alpha value is -3.59. The van der Waals surface area contributed by atoms with E-state index in [1.54, 1.807) is 0 Å². The number of allylic oxidation sites excluding steroid dienone is 19. The van der Waals surface area contributed by atoms with Crippen LogP contribution in [0.15, 0.2) is 122 Å². The first-order valence-electron chi connectivity index (χ1n) is 32.3. The lowest BCUT2D eigenvalue weighted by Gasteiger charge is -2.30. The fourth-order valence-electron chi connectivity index (χ4n) is 8.65. The highest BCUT2D eigenvalue weighted by atomic mass is 31.2. The van der Waals surface area contributed by atoms with Crippen molar-refractivity contribution in [3.8, 4) is 0 Å². The summed E-state index contributed by atoms with van der Waals surface area (Å²) in [4.78, 5) is 40.1. The molecule has 1 N–H and O–H groups in total. The second kappa shape index (κ2) is 58.6. The van der Waals surface area contributed by atoms with Gasteiger partial charge in [-0.1, -0.05) is 245 Å². The number of likely N-dealkylation sites (N-methyl/N-ethyl adjacent to an activating group) is 1. The maximum absolute atomic E-state index is 13.6. The third kappa shape index (κ3) is 59.0. The molecule has 0 aromatic rings. The molecule has 0 aliphatic rings. The minimum Gasteiger partial charge on any atom is -0.756 e. The molecule has 80 heavy (non-hydrogen) atoms. The van der Waals surface area contributed by atoms with Crippen LogP contribution < -0.4 is 10.2 Å². The summed E-state index contributed by atoms with van der Waals surface area (Å²) in [5.41, 5.74) is 0. The van der Waals surface area contributed by atoms with Crippen LogP contribution in [0.5, 0.6) is 0 Å². The second-order valence-electron chi connectivity index (χ2n) is 22.5. The highest BCUT2D eigenvalue weighted by Gasteiger charge is 2.27. The minimum absolute atomic E-state index is 0.0374. The summed E-state index contributed by atoms with van der Waals surface area (Å²) in [7, 11) is 1.14. The van der Waals surface area contributed by atoms with Crippen molar-refractivity contribution >= 4 is 19.7 Å². The minimum atomic E-state index is -4.72. The number of quaternary nitrogens is 1. The van der Waals surface area contributed by atoms with E-state index in [1.807, 2.05) is 33.3 Å². The van der Waals surface area contributed by atoms with Gasteiger partial charge in [0.1, 0.15) is 19.3 Å². The third-order valence-corrected chi connectivity index (χ3v) is 14.6. The van der Waals surface area contributed by atoms with E-state index >= 15 is 0 Å². The number of esters is 1. The van der Waals surface area contributed by atoms with Crippen LogP contribution in [0.4, 0.5) is 0 Å². The Morgan fingerprint density at radius 2 is 0.800 bits per heavy atom.